The van der Waals surface area contributed by atoms with Gasteiger partial charge < -0.3 is 0 Å². The summed E-state index contributed by atoms with van der Waals surface area (Å²) in [4.78, 5) is 12.9. The van der Waals surface area contributed by atoms with Crippen LogP contribution in [-0.4, -0.2) is 5.91 Å². The van der Waals surface area contributed by atoms with Crippen molar-refractivity contribution >= 4 is 11.6 Å². The number of rotatable bonds is 1. The number of hydrogen-bond donors (Lipinski definition) is 0. The fraction of sp³-hybridized carbons (Fsp3) is 0.182. The van der Waals surface area contributed by atoms with Crippen LogP contribution in [0, 0.1) is 6.92 Å². The maximum absolute atomic E-state index is 11.2. The van der Waals surface area contributed by atoms with E-state index in [1.807, 2.05) is 31.2 Å². The maximum atomic E-state index is 11.2. The van der Waals surface area contributed by atoms with Crippen molar-refractivity contribution in [2.24, 2.45) is 0 Å². The summed E-state index contributed by atoms with van der Waals surface area (Å²) in [6, 6.07) is 7.87. The fourth-order valence-corrected chi connectivity index (χ4v) is 1.51. The highest BCUT2D eigenvalue weighted by atomic mass is 16.2. The number of benzene rings is 1. The van der Waals surface area contributed by atoms with Crippen molar-refractivity contribution in [3.8, 4) is 0 Å². The van der Waals surface area contributed by atoms with Gasteiger partial charge >= 0.3 is 0 Å². The highest BCUT2D eigenvalue weighted by Gasteiger charge is 2.29. The molecule has 2 heteroatoms. The van der Waals surface area contributed by atoms with Crippen LogP contribution >= 0.6 is 0 Å². The Morgan fingerprint density at radius 3 is 2.77 bits per heavy atom. The molecule has 2 rings (SSSR count). The van der Waals surface area contributed by atoms with Gasteiger partial charge in [-0.15, -0.1) is 0 Å². The molecule has 0 spiro atoms. The van der Waals surface area contributed by atoms with Crippen molar-refractivity contribution in [3.05, 3.63) is 42.1 Å². The molecular weight excluding hydrogens is 162 g/mol. The Morgan fingerprint density at radius 1 is 1.46 bits per heavy atom. The van der Waals surface area contributed by atoms with Crippen molar-refractivity contribution in [3.63, 3.8) is 0 Å². The molecule has 0 aliphatic carbocycles. The minimum absolute atomic E-state index is 0.135. The van der Waals surface area contributed by atoms with E-state index in [0.717, 1.165) is 16.9 Å². The van der Waals surface area contributed by atoms with Crippen LogP contribution in [0.15, 0.2) is 36.5 Å². The molecule has 66 valence electrons. The Hall–Kier alpha value is -1.57. The van der Waals surface area contributed by atoms with Gasteiger partial charge in [-0.1, -0.05) is 18.7 Å². The lowest BCUT2D eigenvalue weighted by molar-refractivity contribution is -0.120. The summed E-state index contributed by atoms with van der Waals surface area (Å²) < 4.78 is 0. The number of β-lactam (4-membered cyclic amide) rings is 1. The van der Waals surface area contributed by atoms with Crippen LogP contribution in [0.5, 0.6) is 0 Å². The Balaban J connectivity index is 2.35. The zero-order valence-electron chi connectivity index (χ0n) is 7.58. The van der Waals surface area contributed by atoms with E-state index in [-0.39, 0.29) is 5.91 Å². The van der Waals surface area contributed by atoms with Crippen LogP contribution in [0.2, 0.25) is 0 Å². The molecule has 0 bridgehead atoms. The lowest BCUT2D eigenvalue weighted by Crippen LogP contribution is -2.40. The molecule has 1 aromatic rings. The first-order valence-corrected chi connectivity index (χ1v) is 4.26. The van der Waals surface area contributed by atoms with Gasteiger partial charge in [-0.05, 0) is 24.6 Å². The number of amides is 1. The monoisotopic (exact) mass is 173 g/mol. The summed E-state index contributed by atoms with van der Waals surface area (Å²) >= 11 is 0. The summed E-state index contributed by atoms with van der Waals surface area (Å²) in [5.41, 5.74) is 2.97. The van der Waals surface area contributed by atoms with Crippen molar-refractivity contribution < 1.29 is 4.79 Å². The number of carbonyl (C=O) groups excluding carboxylic acids is 1. The van der Waals surface area contributed by atoms with Gasteiger partial charge in [-0.2, -0.15) is 0 Å². The van der Waals surface area contributed by atoms with E-state index in [2.05, 4.69) is 6.58 Å². The molecule has 0 aromatic heterocycles. The number of hydrogen-bond acceptors (Lipinski definition) is 1. The third-order valence-corrected chi connectivity index (χ3v) is 2.18. The topological polar surface area (TPSA) is 20.3 Å². The van der Waals surface area contributed by atoms with Crippen molar-refractivity contribution in [2.75, 3.05) is 4.90 Å². The van der Waals surface area contributed by atoms with Crippen LogP contribution in [-0.2, 0) is 4.79 Å². The lowest BCUT2D eigenvalue weighted by atomic mass is 10.1. The van der Waals surface area contributed by atoms with E-state index >= 15 is 0 Å². The summed E-state index contributed by atoms with van der Waals surface area (Å²) in [6.45, 7) is 5.81. The fourth-order valence-electron chi connectivity index (χ4n) is 1.51. The van der Waals surface area contributed by atoms with Crippen molar-refractivity contribution in [1.29, 1.82) is 0 Å². The third-order valence-electron chi connectivity index (χ3n) is 2.18. The molecule has 1 heterocycles. The molecule has 2 nitrogen and oxygen atoms in total. The Labute approximate surface area is 77.5 Å². The van der Waals surface area contributed by atoms with Crippen molar-refractivity contribution in [1.82, 2.24) is 0 Å². The molecule has 0 saturated carbocycles. The van der Waals surface area contributed by atoms with E-state index in [0.29, 0.717) is 6.42 Å². The Kier molecular flexibility index (Phi) is 1.69. The van der Waals surface area contributed by atoms with Gasteiger partial charge in [0.2, 0.25) is 5.91 Å². The van der Waals surface area contributed by atoms with Crippen molar-refractivity contribution in [2.45, 2.75) is 13.3 Å². The summed E-state index contributed by atoms with van der Waals surface area (Å²) in [5, 5.41) is 0. The average Bonchev–Trinajstić information content (AvgIpc) is 2.03. The van der Waals surface area contributed by atoms with Gasteiger partial charge in [0, 0.05) is 11.4 Å². The van der Waals surface area contributed by atoms with E-state index in [9.17, 15) is 4.79 Å². The van der Waals surface area contributed by atoms with Gasteiger partial charge in [0.1, 0.15) is 0 Å². The quantitative estimate of drug-likeness (QED) is 0.596. The molecule has 0 N–H and O–H groups in total. The highest BCUT2D eigenvalue weighted by Crippen LogP contribution is 2.29. The van der Waals surface area contributed by atoms with Crippen LogP contribution in [0.4, 0.5) is 5.69 Å². The molecule has 0 unspecified atom stereocenters. The molecule has 13 heavy (non-hydrogen) atoms. The first-order valence-electron chi connectivity index (χ1n) is 4.26. The van der Waals surface area contributed by atoms with Crippen LogP contribution in [0.25, 0.3) is 0 Å². The van der Waals surface area contributed by atoms with Crippen LogP contribution < -0.4 is 4.90 Å². The van der Waals surface area contributed by atoms with E-state index in [1.54, 1.807) is 4.90 Å². The predicted molar refractivity (Wildman–Crippen MR) is 52.4 cm³/mol. The van der Waals surface area contributed by atoms with Gasteiger partial charge in [0.05, 0.1) is 6.42 Å². The smallest absolute Gasteiger partial charge is 0.237 e. The van der Waals surface area contributed by atoms with E-state index in [1.165, 1.54) is 0 Å². The molecule has 1 aromatic carbocycles. The lowest BCUT2D eigenvalue weighted by Gasteiger charge is -2.33. The highest BCUT2D eigenvalue weighted by molar-refractivity contribution is 6.05. The first kappa shape index (κ1) is 8.05. The Morgan fingerprint density at radius 2 is 2.23 bits per heavy atom. The van der Waals surface area contributed by atoms with Crippen LogP contribution in [0.3, 0.4) is 0 Å². The van der Waals surface area contributed by atoms with Gasteiger partial charge in [0.15, 0.2) is 0 Å². The summed E-state index contributed by atoms with van der Waals surface area (Å²) in [7, 11) is 0. The molecule has 1 aliphatic rings. The number of nitrogens with zero attached hydrogens (tertiary/aromatic N) is 1. The van der Waals surface area contributed by atoms with E-state index in [4.69, 9.17) is 0 Å². The Bertz CT molecular complexity index is 367. The normalized spacial score (nSPS) is 15.9. The van der Waals surface area contributed by atoms with E-state index < -0.39 is 0 Å². The second-order valence-electron chi connectivity index (χ2n) is 3.31. The molecule has 0 atom stereocenters. The number of aryl methyl sites for hydroxylation is 1. The van der Waals surface area contributed by atoms with Gasteiger partial charge in [-0.3, -0.25) is 9.69 Å². The maximum Gasteiger partial charge on any atom is 0.237 e. The SMILES string of the molecule is C=C1CC(=O)N1c1cccc(C)c1. The molecular formula is C11H11NO. The molecule has 1 aliphatic heterocycles. The zero-order valence-corrected chi connectivity index (χ0v) is 7.58. The first-order chi connectivity index (χ1) is 6.18. The average molecular weight is 173 g/mol. The molecule has 1 amide bonds. The standard InChI is InChI=1S/C11H11NO/c1-8-4-3-5-10(6-8)12-9(2)7-11(12)13/h3-6H,2,7H2,1H3. The summed E-state index contributed by atoms with van der Waals surface area (Å²) in [5.74, 6) is 0.135. The number of carbonyl (C=O) groups is 1. The minimum Gasteiger partial charge on any atom is -0.285 e. The van der Waals surface area contributed by atoms with Crippen LogP contribution in [0.1, 0.15) is 12.0 Å². The molecule has 1 saturated heterocycles. The third kappa shape index (κ3) is 1.24. The summed E-state index contributed by atoms with van der Waals surface area (Å²) in [6.07, 6.45) is 0.494. The predicted octanol–water partition coefficient (Wildman–Crippen LogP) is 2.25. The second-order valence-corrected chi connectivity index (χ2v) is 3.31. The zero-order chi connectivity index (χ0) is 9.42. The molecule has 1 fully saturated rings. The minimum atomic E-state index is 0.135. The largest absolute Gasteiger partial charge is 0.285 e. The van der Waals surface area contributed by atoms with Gasteiger partial charge in [0.25, 0.3) is 0 Å². The molecule has 0 radical (unpaired) electrons. The van der Waals surface area contributed by atoms with Gasteiger partial charge in [-0.25, -0.2) is 0 Å². The number of anilines is 1. The second kappa shape index (κ2) is 2.73.